The minimum atomic E-state index is -0.278. The molecule has 0 N–H and O–H groups in total. The number of ether oxygens (including phenoxy) is 3. The lowest BCUT2D eigenvalue weighted by Gasteiger charge is -2.35. The molecule has 2 fully saturated rings. The lowest BCUT2D eigenvalue weighted by atomic mass is 9.95. The van der Waals surface area contributed by atoms with Crippen molar-refractivity contribution in [3.05, 3.63) is 68.8 Å². The predicted molar refractivity (Wildman–Crippen MR) is 125 cm³/mol. The van der Waals surface area contributed by atoms with E-state index in [4.69, 9.17) is 14.2 Å². The Labute approximate surface area is 203 Å². The van der Waals surface area contributed by atoms with Crippen molar-refractivity contribution in [1.29, 1.82) is 0 Å². The van der Waals surface area contributed by atoms with Crippen LogP contribution < -0.4 is 0 Å². The van der Waals surface area contributed by atoms with Gasteiger partial charge in [-0.1, -0.05) is 12.1 Å². The summed E-state index contributed by atoms with van der Waals surface area (Å²) in [6.07, 6.45) is 1.31. The van der Waals surface area contributed by atoms with E-state index in [0.717, 1.165) is 53.7 Å². The van der Waals surface area contributed by atoms with E-state index >= 15 is 0 Å². The Bertz CT molecular complexity index is 1250. The Balaban J connectivity index is 1.10. The molecule has 1 amide bonds. The summed E-state index contributed by atoms with van der Waals surface area (Å²) in [4.78, 5) is 40.6. The first kappa shape index (κ1) is 22.1. The van der Waals surface area contributed by atoms with Crippen LogP contribution in [0.4, 0.5) is 4.79 Å². The van der Waals surface area contributed by atoms with Crippen LogP contribution in [-0.2, 0) is 40.4 Å². The standard InChI is InChI=1S/C27H28N2O6/c1-15-17(3-5-19-21(15)13-33-25(19)30)7-9-28-10-8-23-24(12-28)35-27(32)29(23)11-18-4-6-20-22(16(18)2)14-34-26(20)31/h3-6,23-24H,7-14H2,1-2H3. The monoisotopic (exact) mass is 476 g/mol. The number of rotatable bonds is 5. The Morgan fingerprint density at radius 3 is 2.20 bits per heavy atom. The van der Waals surface area contributed by atoms with Crippen molar-refractivity contribution in [2.45, 2.75) is 58.6 Å². The number of hydrogen-bond acceptors (Lipinski definition) is 7. The first-order valence-corrected chi connectivity index (χ1v) is 12.2. The molecule has 35 heavy (non-hydrogen) atoms. The first-order valence-electron chi connectivity index (χ1n) is 12.2. The second-order valence-electron chi connectivity index (χ2n) is 9.86. The molecule has 2 saturated heterocycles. The molecule has 0 spiro atoms. The van der Waals surface area contributed by atoms with Crippen molar-refractivity contribution >= 4 is 18.0 Å². The van der Waals surface area contributed by atoms with Crippen LogP contribution in [0.3, 0.4) is 0 Å². The van der Waals surface area contributed by atoms with E-state index in [1.807, 2.05) is 30.0 Å². The van der Waals surface area contributed by atoms with Crippen LogP contribution in [-0.4, -0.2) is 59.6 Å². The first-order chi connectivity index (χ1) is 16.9. The van der Waals surface area contributed by atoms with E-state index in [0.29, 0.717) is 37.4 Å². The van der Waals surface area contributed by atoms with Gasteiger partial charge < -0.3 is 14.2 Å². The normalized spacial score (nSPS) is 23.0. The van der Waals surface area contributed by atoms with Crippen molar-refractivity contribution in [1.82, 2.24) is 9.80 Å². The second kappa shape index (κ2) is 8.37. The quantitative estimate of drug-likeness (QED) is 0.484. The molecule has 2 aromatic carbocycles. The molecular weight excluding hydrogens is 448 g/mol. The van der Waals surface area contributed by atoms with Gasteiger partial charge in [-0.3, -0.25) is 9.80 Å². The number of amides is 1. The average Bonchev–Trinajstić information content (AvgIpc) is 3.51. The largest absolute Gasteiger partial charge is 0.457 e. The molecule has 0 radical (unpaired) electrons. The number of nitrogens with zero attached hydrogens (tertiary/aromatic N) is 2. The summed E-state index contributed by atoms with van der Waals surface area (Å²) in [6, 6.07) is 7.68. The molecular formula is C27H28N2O6. The molecule has 2 aromatic rings. The molecule has 4 aliphatic rings. The van der Waals surface area contributed by atoms with Gasteiger partial charge in [-0.05, 0) is 61.1 Å². The zero-order valence-electron chi connectivity index (χ0n) is 20.0. The third kappa shape index (κ3) is 3.67. The maximum absolute atomic E-state index is 12.8. The fourth-order valence-electron chi connectivity index (χ4n) is 5.86. The highest BCUT2D eigenvalue weighted by atomic mass is 16.6. The highest BCUT2D eigenvalue weighted by molar-refractivity contribution is 5.94. The summed E-state index contributed by atoms with van der Waals surface area (Å²) in [5.41, 5.74) is 7.63. The molecule has 182 valence electrons. The molecule has 0 aromatic heterocycles. The highest BCUT2D eigenvalue weighted by Crippen LogP contribution is 2.32. The lowest BCUT2D eigenvalue weighted by Crippen LogP contribution is -2.49. The van der Waals surface area contributed by atoms with Crippen LogP contribution in [0.1, 0.15) is 60.5 Å². The van der Waals surface area contributed by atoms with Crippen molar-refractivity contribution in [3.8, 4) is 0 Å². The number of likely N-dealkylation sites (tertiary alicyclic amines) is 1. The van der Waals surface area contributed by atoms with Crippen molar-refractivity contribution in [3.63, 3.8) is 0 Å². The van der Waals surface area contributed by atoms with E-state index in [2.05, 4.69) is 11.8 Å². The van der Waals surface area contributed by atoms with E-state index < -0.39 is 0 Å². The van der Waals surface area contributed by atoms with Crippen molar-refractivity contribution < 1.29 is 28.6 Å². The molecule has 4 aliphatic heterocycles. The predicted octanol–water partition coefficient (Wildman–Crippen LogP) is 3.28. The van der Waals surface area contributed by atoms with Gasteiger partial charge in [-0.2, -0.15) is 0 Å². The SMILES string of the molecule is Cc1c(CCN2CCC3C(C2)OC(=O)N3Cc2ccc3c(c2C)COC3=O)ccc2c1COC2=O. The number of benzene rings is 2. The van der Waals surface area contributed by atoms with Gasteiger partial charge in [0.25, 0.3) is 0 Å². The van der Waals surface area contributed by atoms with Gasteiger partial charge in [-0.15, -0.1) is 0 Å². The molecule has 2 atom stereocenters. The van der Waals surface area contributed by atoms with E-state index in [1.54, 1.807) is 6.07 Å². The van der Waals surface area contributed by atoms with Crippen LogP contribution in [0, 0.1) is 13.8 Å². The van der Waals surface area contributed by atoms with E-state index in [-0.39, 0.29) is 30.2 Å². The van der Waals surface area contributed by atoms with Gasteiger partial charge in [0.05, 0.1) is 17.2 Å². The molecule has 6 rings (SSSR count). The Morgan fingerprint density at radius 2 is 1.51 bits per heavy atom. The number of carbonyl (C=O) groups is 3. The minimum Gasteiger partial charge on any atom is -0.457 e. The zero-order valence-corrected chi connectivity index (χ0v) is 20.0. The topological polar surface area (TPSA) is 85.4 Å². The fourth-order valence-corrected chi connectivity index (χ4v) is 5.86. The number of carbonyl (C=O) groups excluding carboxylic acids is 3. The molecule has 0 bridgehead atoms. The maximum atomic E-state index is 12.8. The zero-order chi connectivity index (χ0) is 24.3. The van der Waals surface area contributed by atoms with E-state index in [1.165, 1.54) is 5.56 Å². The van der Waals surface area contributed by atoms with Gasteiger partial charge in [-0.25, -0.2) is 14.4 Å². The molecule has 8 heteroatoms. The maximum Gasteiger partial charge on any atom is 0.410 e. The lowest BCUT2D eigenvalue weighted by molar-refractivity contribution is 0.0526. The molecule has 0 saturated carbocycles. The summed E-state index contributed by atoms with van der Waals surface area (Å²) < 4.78 is 16.1. The average molecular weight is 477 g/mol. The number of cyclic esters (lactones) is 2. The van der Waals surface area contributed by atoms with Crippen LogP contribution in [0.25, 0.3) is 0 Å². The third-order valence-electron chi connectivity index (χ3n) is 8.09. The number of hydrogen-bond donors (Lipinski definition) is 0. The van der Waals surface area contributed by atoms with Crippen LogP contribution in [0.5, 0.6) is 0 Å². The Kier molecular flexibility index (Phi) is 5.29. The van der Waals surface area contributed by atoms with E-state index in [9.17, 15) is 14.4 Å². The van der Waals surface area contributed by atoms with Gasteiger partial charge in [0, 0.05) is 37.3 Å². The van der Waals surface area contributed by atoms with Gasteiger partial charge in [0.2, 0.25) is 0 Å². The summed E-state index contributed by atoms with van der Waals surface area (Å²) in [5.74, 6) is -0.513. The summed E-state index contributed by atoms with van der Waals surface area (Å²) in [6.45, 7) is 7.65. The molecule has 0 aliphatic carbocycles. The summed E-state index contributed by atoms with van der Waals surface area (Å²) in [5, 5.41) is 0. The number of fused-ring (bicyclic) bond motifs is 3. The van der Waals surface area contributed by atoms with Crippen LogP contribution in [0.2, 0.25) is 0 Å². The van der Waals surface area contributed by atoms with Crippen molar-refractivity contribution in [2.24, 2.45) is 0 Å². The Morgan fingerprint density at radius 1 is 0.886 bits per heavy atom. The second-order valence-corrected chi connectivity index (χ2v) is 9.86. The number of esters is 2. The smallest absolute Gasteiger partial charge is 0.410 e. The van der Waals surface area contributed by atoms with Gasteiger partial charge in [0.1, 0.15) is 19.3 Å². The van der Waals surface area contributed by atoms with Crippen molar-refractivity contribution in [2.75, 3.05) is 19.6 Å². The highest BCUT2D eigenvalue weighted by Gasteiger charge is 2.45. The Hall–Kier alpha value is -3.39. The molecule has 2 unspecified atom stereocenters. The summed E-state index contributed by atoms with van der Waals surface area (Å²) in [7, 11) is 0. The van der Waals surface area contributed by atoms with Gasteiger partial charge in [0.15, 0.2) is 0 Å². The summed E-state index contributed by atoms with van der Waals surface area (Å²) >= 11 is 0. The minimum absolute atomic E-state index is 0.0502. The van der Waals surface area contributed by atoms with Crippen LogP contribution >= 0.6 is 0 Å². The van der Waals surface area contributed by atoms with Gasteiger partial charge >= 0.3 is 18.0 Å². The van der Waals surface area contributed by atoms with Crippen LogP contribution in [0.15, 0.2) is 24.3 Å². The third-order valence-corrected chi connectivity index (χ3v) is 8.09. The molecule has 8 nitrogen and oxygen atoms in total. The number of piperidine rings is 1. The fraction of sp³-hybridized carbons (Fsp3) is 0.444. The molecule has 4 heterocycles.